The Morgan fingerprint density at radius 3 is 2.45 bits per heavy atom. The molecule has 9 heteroatoms. The molecule has 0 radical (unpaired) electrons. The van der Waals surface area contributed by atoms with Gasteiger partial charge >= 0.3 is 6.18 Å². The van der Waals surface area contributed by atoms with Gasteiger partial charge in [-0.25, -0.2) is 0 Å². The van der Waals surface area contributed by atoms with Gasteiger partial charge in [0.25, 0.3) is 0 Å². The Bertz CT molecular complexity index is 1290. The molecule has 1 aliphatic heterocycles. The number of benzene rings is 2. The average molecular weight is 573 g/mol. The summed E-state index contributed by atoms with van der Waals surface area (Å²) in [7, 11) is 1.60. The molecule has 0 spiro atoms. The second-order valence-corrected chi connectivity index (χ2v) is 11.0. The van der Waals surface area contributed by atoms with Gasteiger partial charge in [-0.2, -0.15) is 13.2 Å². The minimum Gasteiger partial charge on any atom is -0.495 e. The van der Waals surface area contributed by atoms with Crippen LogP contribution in [-0.4, -0.2) is 49.8 Å². The minimum atomic E-state index is -4.35. The fourth-order valence-electron chi connectivity index (χ4n) is 5.17. The van der Waals surface area contributed by atoms with Gasteiger partial charge in [-0.05, 0) is 87.3 Å². The quantitative estimate of drug-likeness (QED) is 0.202. The summed E-state index contributed by atoms with van der Waals surface area (Å²) in [6, 6.07) is 13.4. The van der Waals surface area contributed by atoms with E-state index in [1.54, 1.807) is 31.0 Å². The molecule has 1 aromatic heterocycles. The summed E-state index contributed by atoms with van der Waals surface area (Å²) in [6.45, 7) is 1.69. The van der Waals surface area contributed by atoms with E-state index in [-0.39, 0.29) is 6.54 Å². The van der Waals surface area contributed by atoms with E-state index in [2.05, 4.69) is 27.8 Å². The molecule has 2 fully saturated rings. The second kappa shape index (κ2) is 14.6. The van der Waals surface area contributed by atoms with Crippen molar-refractivity contribution in [2.45, 2.75) is 68.6 Å². The predicted molar refractivity (Wildman–Crippen MR) is 161 cm³/mol. The number of anilines is 2. The summed E-state index contributed by atoms with van der Waals surface area (Å²) in [5.41, 5.74) is 2.54. The Labute approximate surface area is 239 Å². The number of halogens is 3. The fourth-order valence-corrected chi connectivity index (χ4v) is 5.60. The third kappa shape index (κ3) is 8.52. The summed E-state index contributed by atoms with van der Waals surface area (Å²) in [5, 5.41) is 10.8. The number of aromatic nitrogens is 1. The number of ether oxygens (including phenoxy) is 1. The standard InChI is InChI=1S/C27H30F3N3OS.C4H9N/c1-34-26-17-21(35-2)13-14-24(26)31-15-7-10-20-16-22-23(32-19-8-4-3-5-9-19)11-6-12-25(22)33(20)18-27(28,29)30;1-2-4-5-3-1/h6,11-14,16-17,19,31-32H,3-5,8-9,15,18H2,1-2H3;5H,1-4H2. The largest absolute Gasteiger partial charge is 0.495 e. The second-order valence-electron chi connectivity index (χ2n) is 10.1. The number of nitrogens with one attached hydrogen (secondary N) is 3. The smallest absolute Gasteiger partial charge is 0.406 e. The molecule has 0 bridgehead atoms. The number of hydrogen-bond donors (Lipinski definition) is 3. The Morgan fingerprint density at radius 1 is 1.02 bits per heavy atom. The molecule has 1 saturated carbocycles. The molecule has 216 valence electrons. The highest BCUT2D eigenvalue weighted by Crippen LogP contribution is 2.32. The summed E-state index contributed by atoms with van der Waals surface area (Å²) in [5.74, 6) is 6.65. The normalized spacial score (nSPS) is 15.6. The summed E-state index contributed by atoms with van der Waals surface area (Å²) >= 11 is 1.62. The van der Waals surface area contributed by atoms with Gasteiger partial charge in [0.05, 0.1) is 30.6 Å². The fraction of sp³-hybridized carbons (Fsp3) is 0.484. The molecule has 1 saturated heterocycles. The first-order valence-corrected chi connectivity index (χ1v) is 15.2. The van der Waals surface area contributed by atoms with Crippen molar-refractivity contribution in [3.8, 4) is 17.6 Å². The van der Waals surface area contributed by atoms with E-state index in [1.165, 1.54) is 49.8 Å². The van der Waals surface area contributed by atoms with Crippen molar-refractivity contribution in [2.75, 3.05) is 43.6 Å². The number of rotatable bonds is 7. The highest BCUT2D eigenvalue weighted by atomic mass is 32.2. The van der Waals surface area contributed by atoms with Crippen LogP contribution < -0.4 is 20.7 Å². The van der Waals surface area contributed by atoms with E-state index >= 15 is 0 Å². The predicted octanol–water partition coefficient (Wildman–Crippen LogP) is 7.51. The van der Waals surface area contributed by atoms with E-state index in [4.69, 9.17) is 4.74 Å². The van der Waals surface area contributed by atoms with E-state index < -0.39 is 12.7 Å². The van der Waals surface area contributed by atoms with Crippen molar-refractivity contribution in [3.05, 3.63) is 48.2 Å². The maximum atomic E-state index is 13.4. The molecule has 40 heavy (non-hydrogen) atoms. The molecular weight excluding hydrogens is 533 g/mol. The van der Waals surface area contributed by atoms with Crippen molar-refractivity contribution in [3.63, 3.8) is 0 Å². The maximum Gasteiger partial charge on any atom is 0.406 e. The van der Waals surface area contributed by atoms with Crippen molar-refractivity contribution in [2.24, 2.45) is 0 Å². The molecule has 0 amide bonds. The monoisotopic (exact) mass is 572 g/mol. The van der Waals surface area contributed by atoms with Crippen LogP contribution in [0.2, 0.25) is 0 Å². The lowest BCUT2D eigenvalue weighted by atomic mass is 9.95. The number of methoxy groups -OCH3 is 1. The van der Waals surface area contributed by atoms with Crippen LogP contribution in [0.5, 0.6) is 5.75 Å². The van der Waals surface area contributed by atoms with E-state index in [9.17, 15) is 13.2 Å². The third-order valence-electron chi connectivity index (χ3n) is 7.20. The lowest BCUT2D eigenvalue weighted by Crippen LogP contribution is -2.22. The zero-order valence-electron chi connectivity index (χ0n) is 23.3. The first-order chi connectivity index (χ1) is 19.4. The highest BCUT2D eigenvalue weighted by Gasteiger charge is 2.30. The molecule has 5 nitrogen and oxygen atoms in total. The summed E-state index contributed by atoms with van der Waals surface area (Å²) < 4.78 is 47.0. The van der Waals surface area contributed by atoms with Gasteiger partial charge in [-0.1, -0.05) is 31.2 Å². The molecule has 0 atom stereocenters. The van der Waals surface area contributed by atoms with Crippen molar-refractivity contribution in [1.29, 1.82) is 0 Å². The first kappa shape index (κ1) is 30.0. The average Bonchev–Trinajstić information content (AvgIpc) is 3.64. The molecule has 5 rings (SSSR count). The molecular formula is C31H39F3N4OS. The SMILES string of the molecule is C1CCNC1.COc1cc(SC)ccc1NCC#Cc1cc2c(NC3CCCCC3)cccc2n1CC(F)(F)F. The first-order valence-electron chi connectivity index (χ1n) is 14.0. The molecule has 3 N–H and O–H groups in total. The Kier molecular flexibility index (Phi) is 11.0. The van der Waals surface area contributed by atoms with Gasteiger partial charge in [0.1, 0.15) is 12.3 Å². The van der Waals surface area contributed by atoms with Gasteiger partial charge in [-0.15, -0.1) is 11.8 Å². The van der Waals surface area contributed by atoms with Gasteiger partial charge in [0, 0.05) is 22.0 Å². The molecule has 0 unspecified atom stereocenters. The molecule has 3 aromatic rings. The van der Waals surface area contributed by atoms with Crippen molar-refractivity contribution in [1.82, 2.24) is 9.88 Å². The van der Waals surface area contributed by atoms with Crippen molar-refractivity contribution >= 4 is 34.0 Å². The van der Waals surface area contributed by atoms with Gasteiger partial charge in [0.15, 0.2) is 0 Å². The lowest BCUT2D eigenvalue weighted by Gasteiger charge is -2.24. The van der Waals surface area contributed by atoms with Crippen LogP contribution in [0.15, 0.2) is 47.4 Å². The summed E-state index contributed by atoms with van der Waals surface area (Å²) in [6.07, 6.45) is 6.18. The van der Waals surface area contributed by atoms with Crippen molar-refractivity contribution < 1.29 is 17.9 Å². The van der Waals surface area contributed by atoms with Crippen LogP contribution in [0, 0.1) is 11.8 Å². The van der Waals surface area contributed by atoms with Crippen LogP contribution in [0.1, 0.15) is 50.6 Å². The number of nitrogens with zero attached hydrogens (tertiary/aromatic N) is 1. The van der Waals surface area contributed by atoms with Crippen LogP contribution in [-0.2, 0) is 6.54 Å². The number of hydrogen-bond acceptors (Lipinski definition) is 5. The van der Waals surface area contributed by atoms with Crippen LogP contribution in [0.3, 0.4) is 0 Å². The number of thioether (sulfide) groups is 1. The van der Waals surface area contributed by atoms with Gasteiger partial charge in [-0.3, -0.25) is 0 Å². The maximum absolute atomic E-state index is 13.4. The zero-order chi connectivity index (χ0) is 28.4. The topological polar surface area (TPSA) is 50.2 Å². The van der Waals surface area contributed by atoms with Crippen LogP contribution >= 0.6 is 11.8 Å². The molecule has 2 aromatic carbocycles. The zero-order valence-corrected chi connectivity index (χ0v) is 24.1. The molecule has 2 aliphatic rings. The molecule has 2 heterocycles. The Morgan fingerprint density at radius 2 is 1.80 bits per heavy atom. The minimum absolute atomic E-state index is 0.274. The van der Waals surface area contributed by atoms with Gasteiger partial charge < -0.3 is 25.3 Å². The van der Waals surface area contributed by atoms with Crippen LogP contribution in [0.4, 0.5) is 24.5 Å². The van der Waals surface area contributed by atoms with E-state index in [0.29, 0.717) is 23.0 Å². The van der Waals surface area contributed by atoms with E-state index in [0.717, 1.165) is 34.5 Å². The van der Waals surface area contributed by atoms with E-state index in [1.807, 2.05) is 36.6 Å². The van der Waals surface area contributed by atoms with Crippen LogP contribution in [0.25, 0.3) is 10.9 Å². The Balaban J connectivity index is 0.000000666. The molecule has 1 aliphatic carbocycles. The summed E-state index contributed by atoms with van der Waals surface area (Å²) in [4.78, 5) is 1.08. The highest BCUT2D eigenvalue weighted by molar-refractivity contribution is 7.98. The lowest BCUT2D eigenvalue weighted by molar-refractivity contribution is -0.140. The number of alkyl halides is 3. The Hall–Kier alpha value is -2.96. The number of fused-ring (bicyclic) bond motifs is 1. The van der Waals surface area contributed by atoms with Gasteiger partial charge in [0.2, 0.25) is 0 Å². The third-order valence-corrected chi connectivity index (χ3v) is 7.92.